The van der Waals surface area contributed by atoms with Crippen LogP contribution in [0, 0.1) is 3.95 Å². The van der Waals surface area contributed by atoms with Gasteiger partial charge in [-0.1, -0.05) is 41.7 Å². The second kappa shape index (κ2) is 10.1. The van der Waals surface area contributed by atoms with Gasteiger partial charge in [-0.3, -0.25) is 9.56 Å². The zero-order valence-corrected chi connectivity index (χ0v) is 18.2. The summed E-state index contributed by atoms with van der Waals surface area (Å²) in [6, 6.07) is 14.6. The topological polar surface area (TPSA) is 101 Å². The Bertz CT molecular complexity index is 1150. The van der Waals surface area contributed by atoms with Crippen LogP contribution in [0.25, 0.3) is 0 Å². The van der Waals surface area contributed by atoms with E-state index in [0.29, 0.717) is 20.9 Å². The van der Waals surface area contributed by atoms with Crippen LogP contribution in [0.5, 0.6) is 5.88 Å². The van der Waals surface area contributed by atoms with E-state index in [1.165, 1.54) is 22.9 Å². The number of carbonyl (C=O) groups is 2. The number of hydrogen-bond donors (Lipinski definition) is 2. The maximum atomic E-state index is 12.7. The molecule has 0 aliphatic rings. The van der Waals surface area contributed by atoms with Crippen molar-refractivity contribution in [3.8, 4) is 5.88 Å². The number of hydrogen-bond acceptors (Lipinski definition) is 7. The van der Waals surface area contributed by atoms with Gasteiger partial charge >= 0.3 is 11.9 Å². The largest absolute Gasteiger partial charge is 0.493 e. The van der Waals surface area contributed by atoms with Crippen LogP contribution in [0.4, 0.5) is 5.69 Å². The van der Waals surface area contributed by atoms with Gasteiger partial charge in [0, 0.05) is 6.42 Å². The Morgan fingerprint density at radius 1 is 1.19 bits per heavy atom. The van der Waals surface area contributed by atoms with E-state index in [0.717, 1.165) is 16.9 Å². The molecule has 0 saturated heterocycles. The average Bonchev–Trinajstić information content (AvgIpc) is 3.04. The highest BCUT2D eigenvalue weighted by Crippen LogP contribution is 2.31. The van der Waals surface area contributed by atoms with E-state index in [-0.39, 0.29) is 18.1 Å². The molecule has 0 fully saturated rings. The van der Waals surface area contributed by atoms with Gasteiger partial charge in [-0.15, -0.1) is 0 Å². The van der Waals surface area contributed by atoms with Crippen LogP contribution in [0.3, 0.4) is 0 Å². The first-order valence-electron chi connectivity index (χ1n) is 9.43. The van der Waals surface area contributed by atoms with Gasteiger partial charge in [0.05, 0.1) is 24.1 Å². The Balaban J connectivity index is 1.92. The van der Waals surface area contributed by atoms with Crippen molar-refractivity contribution in [3.05, 3.63) is 74.6 Å². The van der Waals surface area contributed by atoms with Crippen LogP contribution in [0.15, 0.2) is 59.6 Å². The summed E-state index contributed by atoms with van der Waals surface area (Å²) >= 11 is 6.54. The molecule has 0 amide bonds. The van der Waals surface area contributed by atoms with Crippen LogP contribution in [0.1, 0.15) is 33.8 Å². The summed E-state index contributed by atoms with van der Waals surface area (Å²) in [6.07, 6.45) is 1.75. The molecule has 0 aliphatic carbocycles. The van der Waals surface area contributed by atoms with E-state index < -0.39 is 18.0 Å². The monoisotopic (exact) mass is 456 g/mol. The highest BCUT2D eigenvalue weighted by Gasteiger charge is 2.27. The number of carboxylic acids is 1. The maximum Gasteiger partial charge on any atom is 0.335 e. The number of aromatic hydroxyl groups is 1. The lowest BCUT2D eigenvalue weighted by atomic mass is 10.1. The number of rotatable bonds is 8. The Morgan fingerprint density at radius 3 is 2.48 bits per heavy atom. The third-order valence-corrected chi connectivity index (χ3v) is 5.76. The normalized spacial score (nSPS) is 12.0. The fourth-order valence-electron chi connectivity index (χ4n) is 2.93. The zero-order chi connectivity index (χ0) is 22.4. The molecule has 0 aliphatic heterocycles. The fourth-order valence-corrected chi connectivity index (χ4v) is 4.21. The first kappa shape index (κ1) is 22.4. The van der Waals surface area contributed by atoms with Crippen molar-refractivity contribution in [1.29, 1.82) is 0 Å². The Morgan fingerprint density at radius 2 is 1.87 bits per heavy atom. The molecule has 9 heteroatoms. The number of esters is 1. The number of benzene rings is 2. The quantitative estimate of drug-likeness (QED) is 0.287. The van der Waals surface area contributed by atoms with Crippen LogP contribution in [0.2, 0.25) is 0 Å². The maximum absolute atomic E-state index is 12.7. The van der Waals surface area contributed by atoms with Crippen LogP contribution in [-0.4, -0.2) is 39.5 Å². The number of aliphatic imine (C=N–C) groups is 1. The third-order valence-electron chi connectivity index (χ3n) is 4.43. The molecular weight excluding hydrogens is 436 g/mol. The van der Waals surface area contributed by atoms with E-state index in [9.17, 15) is 14.7 Å². The number of thiazole rings is 1. The number of aromatic carboxylic acids is 1. The van der Waals surface area contributed by atoms with Crippen molar-refractivity contribution in [3.63, 3.8) is 0 Å². The summed E-state index contributed by atoms with van der Waals surface area (Å²) in [5.74, 6) is -1.68. The van der Waals surface area contributed by atoms with Crippen molar-refractivity contribution in [2.45, 2.75) is 19.4 Å². The van der Waals surface area contributed by atoms with Gasteiger partial charge in [-0.25, -0.2) is 9.59 Å². The highest BCUT2D eigenvalue weighted by molar-refractivity contribution is 7.73. The number of carbonyl (C=O) groups excluding carboxylic acids is 1. The van der Waals surface area contributed by atoms with E-state index in [1.54, 1.807) is 19.1 Å². The Hall–Kier alpha value is -3.30. The van der Waals surface area contributed by atoms with Crippen molar-refractivity contribution in [2.24, 2.45) is 4.99 Å². The summed E-state index contributed by atoms with van der Waals surface area (Å²) in [7, 11) is 0. The summed E-state index contributed by atoms with van der Waals surface area (Å²) in [6.45, 7) is 1.93. The first-order chi connectivity index (χ1) is 14.9. The summed E-state index contributed by atoms with van der Waals surface area (Å²) in [5, 5.41) is 19.8. The summed E-state index contributed by atoms with van der Waals surface area (Å²) in [4.78, 5) is 28.3. The summed E-state index contributed by atoms with van der Waals surface area (Å²) < 4.78 is 6.92. The Labute approximate surface area is 187 Å². The Kier molecular flexibility index (Phi) is 7.32. The molecule has 0 radical (unpaired) electrons. The molecule has 1 aromatic heterocycles. The molecule has 3 aromatic rings. The highest BCUT2D eigenvalue weighted by atomic mass is 32.1. The van der Waals surface area contributed by atoms with Gasteiger partial charge in [0.2, 0.25) is 5.88 Å². The molecule has 0 unspecified atom stereocenters. The second-order valence-corrected chi connectivity index (χ2v) is 8.17. The molecule has 7 nitrogen and oxygen atoms in total. The minimum Gasteiger partial charge on any atom is -0.493 e. The van der Waals surface area contributed by atoms with E-state index in [1.807, 2.05) is 30.3 Å². The minimum atomic E-state index is -1.02. The standard InChI is InChI=1S/C22H20N2O5S2/c1-2-29-21(28)17(12-14-6-4-3-5-7-14)24-19(25)18(31-22(24)30)13-23-16-10-8-15(9-11-16)20(26)27/h3-11,13,17,25H,2,12H2,1H3,(H,26,27)/t17-/m1/s1. The van der Waals surface area contributed by atoms with Crippen LogP contribution < -0.4 is 0 Å². The van der Waals surface area contributed by atoms with Gasteiger partial charge < -0.3 is 14.9 Å². The third kappa shape index (κ3) is 5.44. The zero-order valence-electron chi connectivity index (χ0n) is 16.6. The first-order valence-corrected chi connectivity index (χ1v) is 10.7. The van der Waals surface area contributed by atoms with E-state index in [4.69, 9.17) is 22.1 Å². The smallest absolute Gasteiger partial charge is 0.335 e. The molecule has 1 heterocycles. The van der Waals surface area contributed by atoms with Crippen molar-refractivity contribution in [1.82, 2.24) is 4.57 Å². The molecule has 160 valence electrons. The molecule has 0 saturated carbocycles. The lowest BCUT2D eigenvalue weighted by Crippen LogP contribution is -2.24. The minimum absolute atomic E-state index is 0.154. The number of nitrogens with zero attached hydrogens (tertiary/aromatic N) is 2. The summed E-state index contributed by atoms with van der Waals surface area (Å²) in [5.41, 5.74) is 1.57. The predicted molar refractivity (Wildman–Crippen MR) is 121 cm³/mol. The van der Waals surface area contributed by atoms with Gasteiger partial charge in [-0.05, 0) is 49.0 Å². The molecule has 3 rings (SSSR count). The predicted octanol–water partition coefficient (Wildman–Crippen LogP) is 4.78. The lowest BCUT2D eigenvalue weighted by molar-refractivity contribution is -0.147. The molecule has 2 N–H and O–H groups in total. The molecule has 2 aromatic carbocycles. The molecule has 0 spiro atoms. The van der Waals surface area contributed by atoms with Gasteiger partial charge in [0.15, 0.2) is 3.95 Å². The van der Waals surface area contributed by atoms with Gasteiger partial charge in [-0.2, -0.15) is 0 Å². The van der Waals surface area contributed by atoms with Crippen LogP contribution in [-0.2, 0) is 16.0 Å². The van der Waals surface area contributed by atoms with Gasteiger partial charge in [0.1, 0.15) is 10.9 Å². The number of carboxylic acid groups (broad SMARTS) is 1. The molecular formula is C22H20N2O5S2. The number of ether oxygens (including phenoxy) is 1. The molecule has 31 heavy (non-hydrogen) atoms. The fraction of sp³-hybridized carbons (Fsp3) is 0.182. The lowest BCUT2D eigenvalue weighted by Gasteiger charge is -2.18. The van der Waals surface area contributed by atoms with E-state index in [2.05, 4.69) is 4.99 Å². The molecule has 1 atom stereocenters. The molecule has 0 bridgehead atoms. The second-order valence-electron chi connectivity index (χ2n) is 6.49. The van der Waals surface area contributed by atoms with Crippen molar-refractivity contribution >= 4 is 47.4 Å². The average molecular weight is 457 g/mol. The van der Waals surface area contributed by atoms with E-state index >= 15 is 0 Å². The number of aromatic nitrogens is 1. The van der Waals surface area contributed by atoms with Crippen molar-refractivity contribution in [2.75, 3.05) is 6.61 Å². The van der Waals surface area contributed by atoms with Gasteiger partial charge in [0.25, 0.3) is 0 Å². The van der Waals surface area contributed by atoms with Crippen molar-refractivity contribution < 1.29 is 24.5 Å². The SMILES string of the molecule is CCOC(=O)[C@@H](Cc1ccccc1)n1c(O)c(C=Nc2ccc(C(=O)O)cc2)sc1=S. The van der Waals surface area contributed by atoms with Crippen LogP contribution >= 0.6 is 23.6 Å².